The number of anilines is 1. The van der Waals surface area contributed by atoms with Crippen LogP contribution in [0.15, 0.2) is 102 Å². The fraction of sp³-hybridized carbons (Fsp3) is 0.316. The Bertz CT molecular complexity index is 1830. The fourth-order valence-corrected chi connectivity index (χ4v) is 7.73. The van der Waals surface area contributed by atoms with Crippen molar-refractivity contribution in [2.75, 3.05) is 17.5 Å². The number of aryl methyl sites for hydroxylation is 1. The van der Waals surface area contributed by atoms with E-state index in [1.807, 2.05) is 44.2 Å². The number of hydrogen-bond donors (Lipinski definition) is 1. The minimum Gasteiger partial charge on any atom is -0.494 e. The number of sulfonamides is 1. The fourth-order valence-electron chi connectivity index (χ4n) is 6.00. The Morgan fingerprint density at radius 3 is 2.18 bits per heavy atom. The molecule has 11 heteroatoms. The molecule has 258 valence electrons. The zero-order valence-corrected chi connectivity index (χ0v) is 30.0. The molecule has 8 nitrogen and oxygen atoms in total. The predicted octanol–water partition coefficient (Wildman–Crippen LogP) is 7.59. The third-order valence-corrected chi connectivity index (χ3v) is 11.2. The van der Waals surface area contributed by atoms with E-state index in [0.717, 1.165) is 41.1 Å². The molecule has 0 heterocycles. The molecule has 0 bridgehead atoms. The van der Waals surface area contributed by atoms with Crippen molar-refractivity contribution >= 4 is 50.7 Å². The van der Waals surface area contributed by atoms with Gasteiger partial charge in [0.05, 0.1) is 27.2 Å². The topological polar surface area (TPSA) is 96.0 Å². The normalized spacial score (nSPS) is 13.9. The van der Waals surface area contributed by atoms with E-state index in [0.29, 0.717) is 28.0 Å². The SMILES string of the molecule is CCOc1ccc(N(CC(=O)N(Cc2ccc(Cl)c(Cl)c2)[C@@H](Cc2ccccc2)C(=O)NC2CCCC2)S(=O)(=O)c2ccc(C)cc2)cc1. The molecule has 1 saturated carbocycles. The van der Waals surface area contributed by atoms with E-state index in [1.54, 1.807) is 54.6 Å². The lowest BCUT2D eigenvalue weighted by molar-refractivity contribution is -0.140. The second-order valence-electron chi connectivity index (χ2n) is 12.2. The maximum Gasteiger partial charge on any atom is 0.264 e. The first-order valence-corrected chi connectivity index (χ1v) is 18.6. The Morgan fingerprint density at radius 2 is 1.55 bits per heavy atom. The number of halogens is 2. The van der Waals surface area contributed by atoms with Crippen LogP contribution in [-0.2, 0) is 32.6 Å². The maximum atomic E-state index is 14.7. The molecule has 1 N–H and O–H groups in total. The van der Waals surface area contributed by atoms with Gasteiger partial charge in [-0.15, -0.1) is 0 Å². The molecule has 2 amide bonds. The van der Waals surface area contributed by atoms with Gasteiger partial charge in [0.2, 0.25) is 11.8 Å². The van der Waals surface area contributed by atoms with Crippen molar-refractivity contribution in [1.29, 1.82) is 0 Å². The highest BCUT2D eigenvalue weighted by atomic mass is 35.5. The first-order chi connectivity index (χ1) is 23.5. The van der Waals surface area contributed by atoms with E-state index in [4.69, 9.17) is 27.9 Å². The number of nitrogens with zero attached hydrogens (tertiary/aromatic N) is 2. The molecule has 1 atom stereocenters. The monoisotopic (exact) mass is 721 g/mol. The van der Waals surface area contributed by atoms with Gasteiger partial charge in [0.1, 0.15) is 18.3 Å². The van der Waals surface area contributed by atoms with Crippen LogP contribution in [0.3, 0.4) is 0 Å². The van der Waals surface area contributed by atoms with Crippen LogP contribution in [0.25, 0.3) is 0 Å². The van der Waals surface area contributed by atoms with E-state index in [9.17, 15) is 18.0 Å². The Hall–Kier alpha value is -4.05. The lowest BCUT2D eigenvalue weighted by Crippen LogP contribution is -2.54. The largest absolute Gasteiger partial charge is 0.494 e. The summed E-state index contributed by atoms with van der Waals surface area (Å²) in [5.74, 6) is -0.283. The smallest absolute Gasteiger partial charge is 0.264 e. The summed E-state index contributed by atoms with van der Waals surface area (Å²) in [6, 6.07) is 26.6. The van der Waals surface area contributed by atoms with Crippen molar-refractivity contribution in [3.8, 4) is 5.75 Å². The molecular formula is C38H41Cl2N3O5S. The molecule has 1 fully saturated rings. The lowest BCUT2D eigenvalue weighted by Gasteiger charge is -2.34. The zero-order valence-electron chi connectivity index (χ0n) is 27.6. The molecule has 4 aromatic rings. The third-order valence-electron chi connectivity index (χ3n) is 8.63. The molecule has 1 aliphatic rings. The average molecular weight is 723 g/mol. The number of nitrogens with one attached hydrogen (secondary N) is 1. The number of carbonyl (C=O) groups excluding carboxylic acids is 2. The molecule has 0 saturated heterocycles. The van der Waals surface area contributed by atoms with Gasteiger partial charge in [-0.2, -0.15) is 0 Å². The van der Waals surface area contributed by atoms with Crippen molar-refractivity contribution in [1.82, 2.24) is 10.2 Å². The minimum absolute atomic E-state index is 0.00694. The summed E-state index contributed by atoms with van der Waals surface area (Å²) in [7, 11) is -4.23. The lowest BCUT2D eigenvalue weighted by atomic mass is 10.0. The highest BCUT2D eigenvalue weighted by molar-refractivity contribution is 7.92. The Morgan fingerprint density at radius 1 is 0.878 bits per heavy atom. The molecule has 0 aromatic heterocycles. The van der Waals surface area contributed by atoms with Gasteiger partial charge in [-0.25, -0.2) is 8.42 Å². The number of benzene rings is 4. The van der Waals surface area contributed by atoms with E-state index < -0.39 is 28.5 Å². The average Bonchev–Trinajstić information content (AvgIpc) is 3.61. The second-order valence-corrected chi connectivity index (χ2v) is 14.9. The van der Waals surface area contributed by atoms with E-state index >= 15 is 0 Å². The van der Waals surface area contributed by atoms with Crippen LogP contribution in [0.2, 0.25) is 10.0 Å². The number of carbonyl (C=O) groups is 2. The minimum atomic E-state index is -4.23. The molecule has 0 radical (unpaired) electrons. The highest BCUT2D eigenvalue weighted by Crippen LogP contribution is 2.29. The summed E-state index contributed by atoms with van der Waals surface area (Å²) >= 11 is 12.6. The van der Waals surface area contributed by atoms with Gasteiger partial charge in [0.25, 0.3) is 10.0 Å². The summed E-state index contributed by atoms with van der Waals surface area (Å²) in [6.45, 7) is 3.60. The second kappa shape index (κ2) is 16.6. The first-order valence-electron chi connectivity index (χ1n) is 16.4. The van der Waals surface area contributed by atoms with Crippen LogP contribution in [0.1, 0.15) is 49.3 Å². The van der Waals surface area contributed by atoms with E-state index in [-0.39, 0.29) is 35.5 Å². The summed E-state index contributed by atoms with van der Waals surface area (Å²) in [5, 5.41) is 3.84. The molecule has 5 rings (SSSR count). The van der Waals surface area contributed by atoms with Gasteiger partial charge in [-0.1, -0.05) is 90.1 Å². The number of rotatable bonds is 14. The number of ether oxygens (including phenoxy) is 1. The molecule has 0 unspecified atom stereocenters. The number of hydrogen-bond acceptors (Lipinski definition) is 5. The standard InChI is InChI=1S/C38H41Cl2N3O5S/c1-3-48-32-18-16-31(17-19-32)43(49(46,47)33-20-13-27(2)14-21-33)26-37(44)42(25-29-15-22-34(39)35(40)23-29)36(24-28-9-5-4-6-10-28)38(45)41-30-11-7-8-12-30/h4-6,9-10,13-23,30,36H,3,7-8,11-12,24-26H2,1-2H3,(H,41,45)/t36-/m0/s1. The Kier molecular flexibility index (Phi) is 12.3. The van der Waals surface area contributed by atoms with Crippen LogP contribution in [0, 0.1) is 6.92 Å². The molecule has 49 heavy (non-hydrogen) atoms. The van der Waals surface area contributed by atoms with Crippen LogP contribution in [0.5, 0.6) is 5.75 Å². The third kappa shape index (κ3) is 9.35. The van der Waals surface area contributed by atoms with E-state index in [2.05, 4.69) is 5.32 Å². The van der Waals surface area contributed by atoms with Crippen molar-refractivity contribution in [2.24, 2.45) is 0 Å². The number of amides is 2. The highest BCUT2D eigenvalue weighted by Gasteiger charge is 2.35. The van der Waals surface area contributed by atoms with Gasteiger partial charge >= 0.3 is 0 Å². The Balaban J connectivity index is 1.57. The first kappa shape index (κ1) is 36.2. The molecule has 0 spiro atoms. The van der Waals surface area contributed by atoms with Crippen molar-refractivity contribution in [3.63, 3.8) is 0 Å². The predicted molar refractivity (Wildman–Crippen MR) is 195 cm³/mol. The summed E-state index contributed by atoms with van der Waals surface area (Å²) < 4.78 is 35.3. The molecule has 0 aliphatic heterocycles. The van der Waals surface area contributed by atoms with Gasteiger partial charge in [-0.05, 0) is 86.3 Å². The van der Waals surface area contributed by atoms with Crippen molar-refractivity contribution in [2.45, 2.75) is 69.5 Å². The molecule has 4 aromatic carbocycles. The quantitative estimate of drug-likeness (QED) is 0.145. The van der Waals surface area contributed by atoms with Gasteiger partial charge in [0, 0.05) is 19.0 Å². The summed E-state index contributed by atoms with van der Waals surface area (Å²) in [5.41, 5.74) is 2.68. The van der Waals surface area contributed by atoms with E-state index in [1.165, 1.54) is 17.0 Å². The maximum absolute atomic E-state index is 14.7. The van der Waals surface area contributed by atoms with Gasteiger partial charge in [0.15, 0.2) is 0 Å². The van der Waals surface area contributed by atoms with Crippen LogP contribution in [-0.4, -0.2) is 50.4 Å². The van der Waals surface area contributed by atoms with Gasteiger partial charge in [-0.3, -0.25) is 13.9 Å². The van der Waals surface area contributed by atoms with Crippen molar-refractivity contribution < 1.29 is 22.7 Å². The van der Waals surface area contributed by atoms with Crippen LogP contribution in [0.4, 0.5) is 5.69 Å². The molecular weight excluding hydrogens is 681 g/mol. The zero-order chi connectivity index (χ0) is 35.0. The summed E-state index contributed by atoms with van der Waals surface area (Å²) in [4.78, 5) is 30.4. The van der Waals surface area contributed by atoms with Crippen molar-refractivity contribution in [3.05, 3.63) is 124 Å². The summed E-state index contributed by atoms with van der Waals surface area (Å²) in [6.07, 6.45) is 4.00. The van der Waals surface area contributed by atoms with Crippen LogP contribution < -0.4 is 14.4 Å². The Labute approximate surface area is 299 Å². The van der Waals surface area contributed by atoms with Gasteiger partial charge < -0.3 is 15.0 Å². The van der Waals surface area contributed by atoms with Crippen LogP contribution >= 0.6 is 23.2 Å². The molecule has 1 aliphatic carbocycles.